The lowest BCUT2D eigenvalue weighted by Gasteiger charge is -2.29. The number of aromatic nitrogens is 2. The molecule has 1 saturated heterocycles. The number of aryl methyl sites for hydroxylation is 1. The third-order valence-electron chi connectivity index (χ3n) is 5.56. The van der Waals surface area contributed by atoms with Crippen LogP contribution in [0.2, 0.25) is 0 Å². The molecule has 0 radical (unpaired) electrons. The summed E-state index contributed by atoms with van der Waals surface area (Å²) in [6, 6.07) is 19.1. The Morgan fingerprint density at radius 3 is 2.45 bits per heavy atom. The molecule has 0 spiro atoms. The van der Waals surface area contributed by atoms with Gasteiger partial charge in [-0.2, -0.15) is 0 Å². The van der Waals surface area contributed by atoms with Crippen molar-refractivity contribution in [2.24, 2.45) is 5.92 Å². The number of hydrogen-bond acceptors (Lipinski definition) is 2. The molecule has 4 rings (SSSR count). The summed E-state index contributed by atoms with van der Waals surface area (Å²) in [7, 11) is 0. The lowest BCUT2D eigenvalue weighted by molar-refractivity contribution is 0.287. The third-order valence-corrected chi connectivity index (χ3v) is 5.92. The van der Waals surface area contributed by atoms with Crippen LogP contribution in [0, 0.1) is 19.8 Å². The van der Waals surface area contributed by atoms with E-state index in [9.17, 15) is 0 Å². The predicted molar refractivity (Wildman–Crippen MR) is 122 cm³/mol. The number of nitrogens with one attached hydrogen (secondary N) is 1. The van der Waals surface area contributed by atoms with Gasteiger partial charge in [-0.1, -0.05) is 38.1 Å². The molecule has 0 amide bonds. The number of nitrogens with zero attached hydrogens (tertiary/aromatic N) is 3. The first-order chi connectivity index (χ1) is 14.0. The minimum atomic E-state index is 0.0344. The van der Waals surface area contributed by atoms with Gasteiger partial charge in [0.05, 0.1) is 17.8 Å². The normalized spacial score (nSPS) is 19.1. The zero-order valence-electron chi connectivity index (χ0n) is 17.5. The van der Waals surface area contributed by atoms with E-state index in [1.165, 1.54) is 22.6 Å². The summed E-state index contributed by atoms with van der Waals surface area (Å²) < 4.78 is 2.33. The number of thiocarbonyl (C=S) groups is 1. The SMILES string of the molecule is Cc1cc([C@@H]2[C@H](c3ccccn3)NC(=S)N2CC(C)C)c(C)n1-c1ccccc1. The summed E-state index contributed by atoms with van der Waals surface area (Å²) in [5.41, 5.74) is 5.99. The molecule has 29 heavy (non-hydrogen) atoms. The summed E-state index contributed by atoms with van der Waals surface area (Å²) in [4.78, 5) is 6.99. The Hall–Kier alpha value is -2.66. The van der Waals surface area contributed by atoms with Crippen molar-refractivity contribution >= 4 is 17.3 Å². The van der Waals surface area contributed by atoms with Crippen LogP contribution in [0.25, 0.3) is 5.69 Å². The first-order valence-electron chi connectivity index (χ1n) is 10.2. The molecule has 4 nitrogen and oxygen atoms in total. The Morgan fingerprint density at radius 1 is 1.07 bits per heavy atom. The van der Waals surface area contributed by atoms with E-state index in [2.05, 4.69) is 89.9 Å². The zero-order valence-corrected chi connectivity index (χ0v) is 18.3. The van der Waals surface area contributed by atoms with Crippen molar-refractivity contribution < 1.29 is 0 Å². The van der Waals surface area contributed by atoms with Crippen LogP contribution in [-0.4, -0.2) is 26.1 Å². The summed E-state index contributed by atoms with van der Waals surface area (Å²) in [5.74, 6) is 0.511. The molecule has 1 aliphatic heterocycles. The number of para-hydroxylation sites is 1. The van der Waals surface area contributed by atoms with Gasteiger partial charge >= 0.3 is 0 Å². The van der Waals surface area contributed by atoms with Gasteiger partial charge in [0.15, 0.2) is 5.11 Å². The quantitative estimate of drug-likeness (QED) is 0.599. The highest BCUT2D eigenvalue weighted by atomic mass is 32.1. The molecule has 0 aliphatic carbocycles. The average Bonchev–Trinajstić information content (AvgIpc) is 3.18. The zero-order chi connectivity index (χ0) is 20.5. The maximum atomic E-state index is 5.77. The fourth-order valence-corrected chi connectivity index (χ4v) is 4.71. The highest BCUT2D eigenvalue weighted by molar-refractivity contribution is 7.80. The highest BCUT2D eigenvalue weighted by Crippen LogP contribution is 2.41. The second-order valence-corrected chi connectivity index (χ2v) is 8.56. The molecule has 3 heterocycles. The van der Waals surface area contributed by atoms with E-state index >= 15 is 0 Å². The molecule has 150 valence electrons. The topological polar surface area (TPSA) is 33.1 Å². The summed E-state index contributed by atoms with van der Waals surface area (Å²) in [6.45, 7) is 9.77. The Morgan fingerprint density at radius 2 is 1.79 bits per heavy atom. The molecule has 0 unspecified atom stereocenters. The van der Waals surface area contributed by atoms with Crippen LogP contribution in [0.15, 0.2) is 60.8 Å². The molecule has 5 heteroatoms. The van der Waals surface area contributed by atoms with Crippen molar-refractivity contribution in [3.05, 3.63) is 83.4 Å². The van der Waals surface area contributed by atoms with Crippen molar-refractivity contribution in [2.45, 2.75) is 39.8 Å². The third kappa shape index (κ3) is 3.67. The molecule has 0 saturated carbocycles. The monoisotopic (exact) mass is 404 g/mol. The van der Waals surface area contributed by atoms with E-state index in [-0.39, 0.29) is 12.1 Å². The van der Waals surface area contributed by atoms with Gasteiger partial charge < -0.3 is 14.8 Å². The maximum Gasteiger partial charge on any atom is 0.170 e. The number of hydrogen-bond donors (Lipinski definition) is 1. The van der Waals surface area contributed by atoms with Gasteiger partial charge in [-0.15, -0.1) is 0 Å². The molecular formula is C24H28N4S. The van der Waals surface area contributed by atoms with Gasteiger partial charge in [-0.3, -0.25) is 4.98 Å². The van der Waals surface area contributed by atoms with Crippen LogP contribution < -0.4 is 5.32 Å². The molecule has 1 N–H and O–H groups in total. The van der Waals surface area contributed by atoms with Gasteiger partial charge in [-0.25, -0.2) is 0 Å². The summed E-state index contributed by atoms with van der Waals surface area (Å²) >= 11 is 5.77. The van der Waals surface area contributed by atoms with Crippen LogP contribution in [0.4, 0.5) is 0 Å². The number of rotatable bonds is 5. The first kappa shape index (κ1) is 19.6. The van der Waals surface area contributed by atoms with E-state index in [4.69, 9.17) is 12.2 Å². The second-order valence-electron chi connectivity index (χ2n) is 8.17. The Labute approximate surface area is 178 Å². The van der Waals surface area contributed by atoms with E-state index in [0.717, 1.165) is 17.4 Å². The molecule has 1 fully saturated rings. The highest BCUT2D eigenvalue weighted by Gasteiger charge is 2.41. The minimum absolute atomic E-state index is 0.0344. The van der Waals surface area contributed by atoms with Gasteiger partial charge in [0.25, 0.3) is 0 Å². The lowest BCUT2D eigenvalue weighted by atomic mass is 9.96. The van der Waals surface area contributed by atoms with E-state index in [0.29, 0.717) is 5.92 Å². The minimum Gasteiger partial charge on any atom is -0.352 e. The molecule has 2 atom stereocenters. The van der Waals surface area contributed by atoms with Crippen LogP contribution in [0.5, 0.6) is 0 Å². The summed E-state index contributed by atoms with van der Waals surface area (Å²) in [6.07, 6.45) is 1.86. The van der Waals surface area contributed by atoms with Gasteiger partial charge in [0, 0.05) is 29.8 Å². The largest absolute Gasteiger partial charge is 0.352 e. The van der Waals surface area contributed by atoms with Crippen molar-refractivity contribution in [1.29, 1.82) is 0 Å². The molecule has 1 aromatic carbocycles. The van der Waals surface area contributed by atoms with Crippen molar-refractivity contribution in [3.63, 3.8) is 0 Å². The maximum absolute atomic E-state index is 5.77. The molecular weight excluding hydrogens is 376 g/mol. The van der Waals surface area contributed by atoms with Crippen LogP contribution >= 0.6 is 12.2 Å². The summed E-state index contributed by atoms with van der Waals surface area (Å²) in [5, 5.41) is 4.36. The standard InChI is InChI=1S/C24H28N4S/c1-16(2)15-27-23(22(26-24(27)29)21-12-8-9-13-25-21)20-14-17(3)28(18(20)4)19-10-6-5-7-11-19/h5-14,16,22-23H,15H2,1-4H3,(H,26,29)/t22-,23+/m0/s1. The van der Waals surface area contributed by atoms with Crippen molar-refractivity contribution in [2.75, 3.05) is 6.54 Å². The molecule has 2 aromatic heterocycles. The molecule has 1 aliphatic rings. The molecule has 0 bridgehead atoms. The second kappa shape index (κ2) is 7.99. The number of benzene rings is 1. The van der Waals surface area contributed by atoms with E-state index in [1.54, 1.807) is 0 Å². The van der Waals surface area contributed by atoms with Crippen LogP contribution in [0.3, 0.4) is 0 Å². The Balaban J connectivity index is 1.83. The Bertz CT molecular complexity index is 994. The van der Waals surface area contributed by atoms with Gasteiger partial charge in [0.1, 0.15) is 0 Å². The fraction of sp³-hybridized carbons (Fsp3) is 0.333. The fourth-order valence-electron chi connectivity index (χ4n) is 4.40. The van der Waals surface area contributed by atoms with Crippen molar-refractivity contribution in [3.8, 4) is 5.69 Å². The first-order valence-corrected chi connectivity index (χ1v) is 10.6. The average molecular weight is 405 g/mol. The van der Waals surface area contributed by atoms with Crippen molar-refractivity contribution in [1.82, 2.24) is 19.8 Å². The van der Waals surface area contributed by atoms with Crippen LogP contribution in [0.1, 0.15) is 48.6 Å². The Kier molecular flexibility index (Phi) is 5.41. The predicted octanol–water partition coefficient (Wildman–Crippen LogP) is 5.12. The molecule has 3 aromatic rings. The van der Waals surface area contributed by atoms with E-state index < -0.39 is 0 Å². The van der Waals surface area contributed by atoms with Gasteiger partial charge in [0.2, 0.25) is 0 Å². The van der Waals surface area contributed by atoms with Crippen LogP contribution in [-0.2, 0) is 0 Å². The van der Waals surface area contributed by atoms with Gasteiger partial charge in [-0.05, 0) is 67.9 Å². The smallest absolute Gasteiger partial charge is 0.170 e. The lowest BCUT2D eigenvalue weighted by Crippen LogP contribution is -2.33. The van der Waals surface area contributed by atoms with E-state index in [1.807, 2.05) is 18.3 Å². The number of pyridine rings is 1.